The summed E-state index contributed by atoms with van der Waals surface area (Å²) in [6.07, 6.45) is 10.4. The van der Waals surface area contributed by atoms with Crippen molar-refractivity contribution >= 4 is 87.5 Å². The molecule has 0 atom stereocenters. The van der Waals surface area contributed by atoms with Gasteiger partial charge >= 0.3 is 0 Å². The van der Waals surface area contributed by atoms with Gasteiger partial charge in [-0.15, -0.1) is 0 Å². The molecule has 0 radical (unpaired) electrons. The summed E-state index contributed by atoms with van der Waals surface area (Å²) in [5.41, 5.74) is 2.49. The molecule has 0 saturated carbocycles. The normalized spacial score (nSPS) is 11.0. The topological polar surface area (TPSA) is 320 Å². The Morgan fingerprint density at radius 3 is 1.29 bits per heavy atom. The zero-order valence-corrected chi connectivity index (χ0v) is 43.1. The van der Waals surface area contributed by atoms with Gasteiger partial charge in [-0.1, -0.05) is 0 Å². The van der Waals surface area contributed by atoms with Gasteiger partial charge in [-0.05, 0) is 57.7 Å². The van der Waals surface area contributed by atoms with E-state index in [4.69, 9.17) is 0 Å². The first kappa shape index (κ1) is 55.1. The lowest BCUT2D eigenvalue weighted by molar-refractivity contribution is -0.121. The number of rotatable bonds is 23. The Bertz CT molecular complexity index is 3140. The van der Waals surface area contributed by atoms with Crippen LogP contribution in [0.25, 0.3) is 0 Å². The summed E-state index contributed by atoms with van der Waals surface area (Å²) in [6, 6.07) is 6.02. The van der Waals surface area contributed by atoms with Gasteiger partial charge in [0.25, 0.3) is 35.4 Å². The highest BCUT2D eigenvalue weighted by Gasteiger charge is 2.23. The molecule has 0 aliphatic carbocycles. The average molecular weight is 1040 g/mol. The van der Waals surface area contributed by atoms with Crippen LogP contribution in [0.15, 0.2) is 61.4 Å². The zero-order valence-electron chi connectivity index (χ0n) is 43.1. The fourth-order valence-electron chi connectivity index (χ4n) is 7.70. The Hall–Kier alpha value is -9.27. The largest absolute Gasteiger partial charge is 0.356 e. The van der Waals surface area contributed by atoms with Crippen molar-refractivity contribution in [1.29, 1.82) is 0 Å². The third-order valence-corrected chi connectivity index (χ3v) is 11.3. The Kier molecular flexibility index (Phi) is 17.9. The molecule has 6 rings (SSSR count). The van der Waals surface area contributed by atoms with Crippen molar-refractivity contribution in [3.63, 3.8) is 0 Å². The van der Waals surface area contributed by atoms with Crippen LogP contribution < -0.4 is 47.9 Å². The SMILES string of the molecule is CC(=O)Nc1cc(C(=O)Nc2cc(C(=O)Nc3cc(C(=O)NCCCC(=O)Nc4cn(C)c(C(=O)Nc5cn(C)c(C(=O)Nc6cc(C(=O)NCCC(=O)NCCCN(C)C)n(C)c6)n5)n4)n(C)c3)n(C)c2)n(C)c1. The van der Waals surface area contributed by atoms with Crippen LogP contribution in [0, 0.1) is 0 Å². The van der Waals surface area contributed by atoms with Gasteiger partial charge in [0.15, 0.2) is 11.6 Å². The van der Waals surface area contributed by atoms with Crippen molar-refractivity contribution in [3.8, 4) is 0 Å². The van der Waals surface area contributed by atoms with Crippen LogP contribution in [0.3, 0.4) is 0 Å². The van der Waals surface area contributed by atoms with E-state index >= 15 is 0 Å². The molecule has 0 fully saturated rings. The monoisotopic (exact) mass is 1030 g/mol. The second kappa shape index (κ2) is 24.4. The van der Waals surface area contributed by atoms with E-state index in [9.17, 15) is 43.2 Å². The third-order valence-electron chi connectivity index (χ3n) is 11.3. The van der Waals surface area contributed by atoms with Gasteiger partial charge in [0.2, 0.25) is 29.4 Å². The van der Waals surface area contributed by atoms with Gasteiger partial charge in [-0.25, -0.2) is 9.97 Å². The van der Waals surface area contributed by atoms with E-state index in [0.717, 1.165) is 13.0 Å². The Morgan fingerprint density at radius 2 is 0.827 bits per heavy atom. The number of hydrogen-bond donors (Lipinski definition) is 9. The molecular weight excluding hydrogens is 973 g/mol. The second-order valence-corrected chi connectivity index (χ2v) is 17.9. The molecule has 9 amide bonds. The molecule has 75 heavy (non-hydrogen) atoms. The second-order valence-electron chi connectivity index (χ2n) is 17.9. The number of aryl methyl sites for hydroxylation is 6. The summed E-state index contributed by atoms with van der Waals surface area (Å²) in [7, 11) is 13.6. The summed E-state index contributed by atoms with van der Waals surface area (Å²) in [6.45, 7) is 3.02. The predicted octanol–water partition coefficient (Wildman–Crippen LogP) is 1.81. The highest BCUT2D eigenvalue weighted by Crippen LogP contribution is 2.21. The summed E-state index contributed by atoms with van der Waals surface area (Å²) in [5.74, 6) is -3.94. The highest BCUT2D eigenvalue weighted by molar-refractivity contribution is 6.08. The molecule has 0 saturated heterocycles. The minimum atomic E-state index is -0.672. The van der Waals surface area contributed by atoms with E-state index in [1.807, 2.05) is 19.0 Å². The summed E-state index contributed by atoms with van der Waals surface area (Å²) >= 11 is 0. The van der Waals surface area contributed by atoms with Crippen LogP contribution in [0.5, 0.6) is 0 Å². The number of carbonyl (C=O) groups excluding carboxylic acids is 9. The summed E-state index contributed by atoms with van der Waals surface area (Å²) in [4.78, 5) is 126. The van der Waals surface area contributed by atoms with Crippen molar-refractivity contribution in [2.24, 2.45) is 42.3 Å². The van der Waals surface area contributed by atoms with Gasteiger partial charge < -0.3 is 80.2 Å². The van der Waals surface area contributed by atoms with Crippen LogP contribution in [-0.2, 0) is 56.7 Å². The minimum Gasteiger partial charge on any atom is -0.356 e. The fraction of sp³-hybridized carbons (Fsp3) is 0.354. The van der Waals surface area contributed by atoms with E-state index in [1.165, 1.54) is 66.4 Å². The van der Waals surface area contributed by atoms with Crippen LogP contribution >= 0.6 is 0 Å². The first-order chi connectivity index (χ1) is 35.5. The van der Waals surface area contributed by atoms with Crippen LogP contribution in [0.4, 0.5) is 34.4 Å². The summed E-state index contributed by atoms with van der Waals surface area (Å²) < 4.78 is 8.98. The van der Waals surface area contributed by atoms with E-state index in [2.05, 4.69) is 57.8 Å². The van der Waals surface area contributed by atoms with Crippen molar-refractivity contribution in [2.75, 3.05) is 72.2 Å². The Labute approximate surface area is 430 Å². The number of carbonyl (C=O) groups is 9. The van der Waals surface area contributed by atoms with Crippen molar-refractivity contribution in [2.45, 2.75) is 32.6 Å². The molecule has 0 aliphatic rings. The predicted molar refractivity (Wildman–Crippen MR) is 278 cm³/mol. The lowest BCUT2D eigenvalue weighted by atomic mass is 10.3. The van der Waals surface area contributed by atoms with E-state index in [-0.39, 0.29) is 90.2 Å². The molecule has 0 unspecified atom stereocenters. The molecule has 0 aromatic carbocycles. The van der Waals surface area contributed by atoms with Crippen molar-refractivity contribution in [1.82, 2.24) is 58.2 Å². The molecule has 0 aliphatic heterocycles. The Morgan fingerprint density at radius 1 is 0.427 bits per heavy atom. The molecule has 6 aromatic rings. The standard InChI is InChI=1S/C48H62N18O9/c1-28(67)52-29-18-35(63(6)22-29)45(72)54-31-21-36(64(7)24-31)46(73)53-30-19-33(61(4)23-30)43(70)50-14-10-12-40(69)56-37-26-65(8)42(57-37)48(75)59-38-27-66(9)41(58-38)47(74)55-32-20-34(62(5)25-32)44(71)51-16-13-39(68)49-15-11-17-60(2)3/h18-27H,10-17H2,1-9H3,(H,49,68)(H,50,70)(H,51,71)(H,52,67)(H,53,73)(H,54,72)(H,55,74)(H,56,69)(H,59,75). The van der Waals surface area contributed by atoms with Crippen molar-refractivity contribution in [3.05, 3.63) is 95.9 Å². The number of amides is 9. The molecule has 0 spiro atoms. The van der Waals surface area contributed by atoms with E-state index in [1.54, 1.807) is 71.6 Å². The van der Waals surface area contributed by atoms with Crippen LogP contribution in [0.2, 0.25) is 0 Å². The lowest BCUT2D eigenvalue weighted by Crippen LogP contribution is -2.32. The molecular formula is C48H62N18O9. The smallest absolute Gasteiger partial charge is 0.292 e. The molecule has 6 aromatic heterocycles. The van der Waals surface area contributed by atoms with Crippen LogP contribution in [-0.4, -0.2) is 136 Å². The molecule has 0 bridgehead atoms. The Balaban J connectivity index is 0.917. The summed E-state index contributed by atoms with van der Waals surface area (Å²) in [5, 5.41) is 24.4. The maximum absolute atomic E-state index is 13.3. The first-order valence-electron chi connectivity index (χ1n) is 23.6. The molecule has 398 valence electrons. The van der Waals surface area contributed by atoms with Gasteiger partial charge in [0, 0.05) is 119 Å². The third kappa shape index (κ3) is 14.9. The number of aromatic nitrogens is 8. The van der Waals surface area contributed by atoms with Gasteiger partial charge in [0.1, 0.15) is 22.8 Å². The fourth-order valence-corrected chi connectivity index (χ4v) is 7.70. The lowest BCUT2D eigenvalue weighted by Gasteiger charge is -2.10. The number of hydrogen-bond acceptors (Lipinski definition) is 12. The maximum Gasteiger partial charge on any atom is 0.292 e. The van der Waals surface area contributed by atoms with Gasteiger partial charge in [-0.2, -0.15) is 0 Å². The molecule has 27 heteroatoms. The first-order valence-corrected chi connectivity index (χ1v) is 23.6. The molecule has 9 N–H and O–H groups in total. The quantitative estimate of drug-likeness (QED) is 0.0415. The number of nitrogens with zero attached hydrogens (tertiary/aromatic N) is 9. The van der Waals surface area contributed by atoms with E-state index in [0.29, 0.717) is 29.3 Å². The number of nitrogens with one attached hydrogen (secondary N) is 9. The van der Waals surface area contributed by atoms with Gasteiger partial charge in [-0.3, -0.25) is 43.2 Å². The zero-order chi connectivity index (χ0) is 54.7. The number of imidazole rings is 2. The minimum absolute atomic E-state index is 0.00343. The maximum atomic E-state index is 13.3. The molecule has 6 heterocycles. The van der Waals surface area contributed by atoms with Gasteiger partial charge in [0.05, 0.1) is 22.7 Å². The highest BCUT2D eigenvalue weighted by atomic mass is 16.2. The number of anilines is 6. The average Bonchev–Trinajstić information content (AvgIpc) is 4.19. The van der Waals surface area contributed by atoms with E-state index < -0.39 is 41.4 Å². The van der Waals surface area contributed by atoms with Crippen molar-refractivity contribution < 1.29 is 43.2 Å². The molecule has 27 nitrogen and oxygen atoms in total. The van der Waals surface area contributed by atoms with Crippen LogP contribution in [0.1, 0.15) is 95.8 Å².